The summed E-state index contributed by atoms with van der Waals surface area (Å²) in [5, 5.41) is 3.50. The van der Waals surface area contributed by atoms with E-state index in [1.165, 1.54) is 31.2 Å². The largest absolute Gasteiger partial charge is 0.491 e. The van der Waals surface area contributed by atoms with Crippen LogP contribution >= 0.6 is 0 Å². The Kier molecular flexibility index (Phi) is 8.31. The van der Waals surface area contributed by atoms with E-state index in [1.807, 2.05) is 6.07 Å². The maximum absolute atomic E-state index is 5.84. The van der Waals surface area contributed by atoms with Crippen LogP contribution in [-0.4, -0.2) is 12.6 Å². The Morgan fingerprint density at radius 3 is 2.74 bits per heavy atom. The van der Waals surface area contributed by atoms with Gasteiger partial charge in [-0.2, -0.15) is 0 Å². The minimum absolute atomic E-state index is 0.289. The van der Waals surface area contributed by atoms with Gasteiger partial charge in [0.05, 0.1) is 6.10 Å². The molecule has 108 valence electrons. The molecule has 1 aromatic carbocycles. The summed E-state index contributed by atoms with van der Waals surface area (Å²) in [6.07, 6.45) is 6.59. The van der Waals surface area contributed by atoms with Gasteiger partial charge in [-0.25, -0.2) is 0 Å². The molecule has 0 saturated heterocycles. The molecule has 1 aromatic rings. The zero-order chi connectivity index (χ0) is 13.9. The van der Waals surface area contributed by atoms with Crippen LogP contribution in [0.1, 0.15) is 58.4 Å². The minimum atomic E-state index is 0.289. The first-order valence-electron chi connectivity index (χ1n) is 7.72. The summed E-state index contributed by atoms with van der Waals surface area (Å²) in [7, 11) is 0. The zero-order valence-electron chi connectivity index (χ0n) is 12.7. The molecule has 0 aliphatic carbocycles. The molecule has 0 aliphatic heterocycles. The molecule has 0 heterocycles. The Bertz CT molecular complexity index is 338. The molecule has 1 unspecified atom stereocenters. The van der Waals surface area contributed by atoms with Crippen molar-refractivity contribution in [1.29, 1.82) is 0 Å². The van der Waals surface area contributed by atoms with Crippen LogP contribution in [0.4, 0.5) is 0 Å². The Balaban J connectivity index is 2.28. The third-order valence-corrected chi connectivity index (χ3v) is 3.35. The molecule has 1 N–H and O–H groups in total. The van der Waals surface area contributed by atoms with E-state index in [4.69, 9.17) is 4.74 Å². The standard InChI is InChI=1S/C17H29NO/c1-4-6-7-8-12-18-14-16-10-9-11-17(13-16)19-15(3)5-2/h9-11,13,15,18H,4-8,12,14H2,1-3H3. The summed E-state index contributed by atoms with van der Waals surface area (Å²) in [6, 6.07) is 8.41. The Hall–Kier alpha value is -1.02. The molecule has 0 radical (unpaired) electrons. The summed E-state index contributed by atoms with van der Waals surface area (Å²) in [4.78, 5) is 0. The number of nitrogens with one attached hydrogen (secondary N) is 1. The molecule has 0 amide bonds. The third-order valence-electron chi connectivity index (χ3n) is 3.35. The van der Waals surface area contributed by atoms with Gasteiger partial charge in [0.25, 0.3) is 0 Å². The van der Waals surface area contributed by atoms with Crippen LogP contribution in [0.5, 0.6) is 5.75 Å². The van der Waals surface area contributed by atoms with E-state index >= 15 is 0 Å². The average molecular weight is 263 g/mol. The second-order valence-corrected chi connectivity index (χ2v) is 5.22. The van der Waals surface area contributed by atoms with E-state index < -0.39 is 0 Å². The topological polar surface area (TPSA) is 21.3 Å². The third kappa shape index (κ3) is 7.22. The van der Waals surface area contributed by atoms with Crippen molar-refractivity contribution in [3.05, 3.63) is 29.8 Å². The lowest BCUT2D eigenvalue weighted by Gasteiger charge is -2.13. The average Bonchev–Trinajstić information content (AvgIpc) is 2.43. The van der Waals surface area contributed by atoms with E-state index in [1.54, 1.807) is 0 Å². The fourth-order valence-corrected chi connectivity index (χ4v) is 1.95. The van der Waals surface area contributed by atoms with Crippen LogP contribution in [0.25, 0.3) is 0 Å². The number of hydrogen-bond acceptors (Lipinski definition) is 2. The van der Waals surface area contributed by atoms with Gasteiger partial charge in [0.15, 0.2) is 0 Å². The van der Waals surface area contributed by atoms with Crippen LogP contribution in [0.15, 0.2) is 24.3 Å². The number of hydrogen-bond donors (Lipinski definition) is 1. The maximum atomic E-state index is 5.84. The smallest absolute Gasteiger partial charge is 0.120 e. The first-order valence-corrected chi connectivity index (χ1v) is 7.72. The highest BCUT2D eigenvalue weighted by atomic mass is 16.5. The van der Waals surface area contributed by atoms with Crippen molar-refractivity contribution in [3.8, 4) is 5.75 Å². The van der Waals surface area contributed by atoms with Crippen molar-refractivity contribution < 1.29 is 4.74 Å². The van der Waals surface area contributed by atoms with Gasteiger partial charge in [0.1, 0.15) is 5.75 Å². The van der Waals surface area contributed by atoms with Crippen LogP contribution in [-0.2, 0) is 6.54 Å². The predicted molar refractivity (Wildman–Crippen MR) is 82.7 cm³/mol. The summed E-state index contributed by atoms with van der Waals surface area (Å²) < 4.78 is 5.84. The van der Waals surface area contributed by atoms with Crippen molar-refractivity contribution in [2.75, 3.05) is 6.54 Å². The van der Waals surface area contributed by atoms with Gasteiger partial charge < -0.3 is 10.1 Å². The van der Waals surface area contributed by atoms with Gasteiger partial charge in [-0.3, -0.25) is 0 Å². The summed E-state index contributed by atoms with van der Waals surface area (Å²) in [6.45, 7) is 8.54. The SMILES string of the molecule is CCCCCCNCc1cccc(OC(C)CC)c1. The normalized spacial score (nSPS) is 12.4. The van der Waals surface area contributed by atoms with Crippen LogP contribution in [0.3, 0.4) is 0 Å². The minimum Gasteiger partial charge on any atom is -0.491 e. The number of rotatable bonds is 10. The van der Waals surface area contributed by atoms with Gasteiger partial charge >= 0.3 is 0 Å². The molecule has 2 nitrogen and oxygen atoms in total. The van der Waals surface area contributed by atoms with E-state index in [0.717, 1.165) is 25.3 Å². The molecule has 0 fully saturated rings. The van der Waals surface area contributed by atoms with Crippen molar-refractivity contribution >= 4 is 0 Å². The second kappa shape index (κ2) is 9.85. The molecule has 2 heteroatoms. The molecule has 19 heavy (non-hydrogen) atoms. The molecular weight excluding hydrogens is 234 g/mol. The van der Waals surface area contributed by atoms with E-state index in [2.05, 4.69) is 44.3 Å². The van der Waals surface area contributed by atoms with Gasteiger partial charge in [-0.05, 0) is 44.0 Å². The highest BCUT2D eigenvalue weighted by molar-refractivity contribution is 5.28. The Morgan fingerprint density at radius 2 is 2.00 bits per heavy atom. The van der Waals surface area contributed by atoms with Crippen molar-refractivity contribution in [2.45, 2.75) is 65.5 Å². The summed E-state index contributed by atoms with van der Waals surface area (Å²) in [5.74, 6) is 0.986. The summed E-state index contributed by atoms with van der Waals surface area (Å²) in [5.41, 5.74) is 1.30. The predicted octanol–water partition coefficient (Wildman–Crippen LogP) is 4.53. The van der Waals surface area contributed by atoms with Gasteiger partial charge in [-0.15, -0.1) is 0 Å². The second-order valence-electron chi connectivity index (χ2n) is 5.22. The maximum Gasteiger partial charge on any atom is 0.120 e. The van der Waals surface area contributed by atoms with Crippen molar-refractivity contribution in [1.82, 2.24) is 5.32 Å². The van der Waals surface area contributed by atoms with E-state index in [0.29, 0.717) is 0 Å². The van der Waals surface area contributed by atoms with Crippen molar-refractivity contribution in [3.63, 3.8) is 0 Å². The van der Waals surface area contributed by atoms with Crippen LogP contribution in [0.2, 0.25) is 0 Å². The number of benzene rings is 1. The lowest BCUT2D eigenvalue weighted by atomic mass is 10.2. The lowest BCUT2D eigenvalue weighted by Crippen LogP contribution is -2.15. The highest BCUT2D eigenvalue weighted by Gasteiger charge is 2.01. The molecule has 0 aliphatic rings. The summed E-state index contributed by atoms with van der Waals surface area (Å²) >= 11 is 0. The first kappa shape index (κ1) is 16.0. The Morgan fingerprint density at radius 1 is 1.16 bits per heavy atom. The molecule has 0 aromatic heterocycles. The molecular formula is C17H29NO. The molecule has 0 bridgehead atoms. The van der Waals surface area contributed by atoms with E-state index in [-0.39, 0.29) is 6.10 Å². The fourth-order valence-electron chi connectivity index (χ4n) is 1.95. The molecule has 1 rings (SSSR count). The molecule has 0 spiro atoms. The quantitative estimate of drug-likeness (QED) is 0.626. The van der Waals surface area contributed by atoms with Crippen LogP contribution in [0, 0.1) is 0 Å². The van der Waals surface area contributed by atoms with Gasteiger partial charge in [-0.1, -0.05) is 45.2 Å². The van der Waals surface area contributed by atoms with Crippen LogP contribution < -0.4 is 10.1 Å². The lowest BCUT2D eigenvalue weighted by molar-refractivity contribution is 0.217. The number of ether oxygens (including phenoxy) is 1. The highest BCUT2D eigenvalue weighted by Crippen LogP contribution is 2.15. The fraction of sp³-hybridized carbons (Fsp3) is 0.647. The van der Waals surface area contributed by atoms with Crippen molar-refractivity contribution in [2.24, 2.45) is 0 Å². The number of unbranched alkanes of at least 4 members (excludes halogenated alkanes) is 3. The monoisotopic (exact) mass is 263 g/mol. The van der Waals surface area contributed by atoms with E-state index in [9.17, 15) is 0 Å². The molecule has 1 atom stereocenters. The first-order chi connectivity index (χ1) is 9.26. The Labute approximate surface area is 118 Å². The molecule has 0 saturated carbocycles. The zero-order valence-corrected chi connectivity index (χ0v) is 12.7. The van der Waals surface area contributed by atoms with Gasteiger partial charge in [0.2, 0.25) is 0 Å². The van der Waals surface area contributed by atoms with Gasteiger partial charge in [0, 0.05) is 6.54 Å².